The third-order valence-electron chi connectivity index (χ3n) is 4.65. The van der Waals surface area contributed by atoms with E-state index in [1.807, 2.05) is 43.3 Å². The molecule has 2 rings (SSSR count). The van der Waals surface area contributed by atoms with Crippen LogP contribution in [-0.4, -0.2) is 43.6 Å². The summed E-state index contributed by atoms with van der Waals surface area (Å²) in [6.07, 6.45) is 5.59. The smallest absolute Gasteiger partial charge is 0.309 e. The Morgan fingerprint density at radius 3 is 2.24 bits per heavy atom. The molecule has 6 nitrogen and oxygen atoms in total. The second kappa shape index (κ2) is 9.42. The van der Waals surface area contributed by atoms with Gasteiger partial charge in [-0.25, -0.2) is 0 Å². The summed E-state index contributed by atoms with van der Waals surface area (Å²) in [6, 6.07) is 7.53. The van der Waals surface area contributed by atoms with Crippen LogP contribution in [0, 0.1) is 0 Å². The molecule has 0 spiro atoms. The van der Waals surface area contributed by atoms with Gasteiger partial charge in [0.25, 0.3) is 0 Å². The SMILES string of the molecule is CN(C)c1ccc(C(O)CNC(=O)C(=O)NC2CCCCCC2)cc1. The van der Waals surface area contributed by atoms with Gasteiger partial charge in [-0.1, -0.05) is 37.8 Å². The van der Waals surface area contributed by atoms with E-state index in [2.05, 4.69) is 10.6 Å². The van der Waals surface area contributed by atoms with Crippen LogP contribution in [0.1, 0.15) is 50.2 Å². The maximum atomic E-state index is 12.0. The van der Waals surface area contributed by atoms with Crippen molar-refractivity contribution in [3.8, 4) is 0 Å². The number of amides is 2. The van der Waals surface area contributed by atoms with Crippen LogP contribution >= 0.6 is 0 Å². The molecule has 0 bridgehead atoms. The molecule has 0 heterocycles. The monoisotopic (exact) mass is 347 g/mol. The molecule has 1 aliphatic carbocycles. The quantitative estimate of drug-likeness (QED) is 0.560. The van der Waals surface area contributed by atoms with E-state index < -0.39 is 17.9 Å². The maximum Gasteiger partial charge on any atom is 0.309 e. The molecule has 1 aromatic carbocycles. The van der Waals surface area contributed by atoms with E-state index in [9.17, 15) is 14.7 Å². The third-order valence-corrected chi connectivity index (χ3v) is 4.65. The summed E-state index contributed by atoms with van der Waals surface area (Å²) in [5.74, 6) is -1.30. The van der Waals surface area contributed by atoms with Gasteiger partial charge in [0.15, 0.2) is 0 Å². The third kappa shape index (κ3) is 6.05. The van der Waals surface area contributed by atoms with Crippen LogP contribution < -0.4 is 15.5 Å². The first-order valence-electron chi connectivity index (χ1n) is 9.01. The number of hydrogen-bond donors (Lipinski definition) is 3. The first-order valence-corrected chi connectivity index (χ1v) is 9.01. The molecule has 1 atom stereocenters. The lowest BCUT2D eigenvalue weighted by Crippen LogP contribution is -2.45. The van der Waals surface area contributed by atoms with Gasteiger partial charge in [-0.15, -0.1) is 0 Å². The Kier molecular flexibility index (Phi) is 7.25. The van der Waals surface area contributed by atoms with E-state index in [-0.39, 0.29) is 12.6 Å². The number of rotatable bonds is 5. The van der Waals surface area contributed by atoms with Gasteiger partial charge in [-0.2, -0.15) is 0 Å². The zero-order valence-corrected chi connectivity index (χ0v) is 15.1. The summed E-state index contributed by atoms with van der Waals surface area (Å²) < 4.78 is 0. The van der Waals surface area contributed by atoms with Crippen molar-refractivity contribution in [2.75, 3.05) is 25.5 Å². The second-order valence-corrected chi connectivity index (χ2v) is 6.87. The molecular weight excluding hydrogens is 318 g/mol. The molecule has 3 N–H and O–H groups in total. The first kappa shape index (κ1) is 19.2. The van der Waals surface area contributed by atoms with Gasteiger partial charge in [-0.3, -0.25) is 9.59 Å². The fourth-order valence-electron chi connectivity index (χ4n) is 3.06. The summed E-state index contributed by atoms with van der Waals surface area (Å²) in [4.78, 5) is 25.9. The summed E-state index contributed by atoms with van der Waals surface area (Å²) in [5, 5.41) is 15.5. The summed E-state index contributed by atoms with van der Waals surface area (Å²) >= 11 is 0. The number of hydrogen-bond acceptors (Lipinski definition) is 4. The highest BCUT2D eigenvalue weighted by molar-refractivity contribution is 6.35. The molecule has 1 fully saturated rings. The highest BCUT2D eigenvalue weighted by atomic mass is 16.3. The summed E-state index contributed by atoms with van der Waals surface area (Å²) in [5.41, 5.74) is 1.73. The average Bonchev–Trinajstić information content (AvgIpc) is 2.88. The van der Waals surface area contributed by atoms with Gasteiger partial charge in [-0.05, 0) is 30.5 Å². The lowest BCUT2D eigenvalue weighted by molar-refractivity contribution is -0.139. The predicted octanol–water partition coefficient (Wildman–Crippen LogP) is 1.74. The van der Waals surface area contributed by atoms with Crippen molar-refractivity contribution in [1.82, 2.24) is 10.6 Å². The summed E-state index contributed by atoms with van der Waals surface area (Å²) in [6.45, 7) is 0.0121. The van der Waals surface area contributed by atoms with Crippen molar-refractivity contribution in [3.63, 3.8) is 0 Å². The minimum atomic E-state index is -0.842. The van der Waals surface area contributed by atoms with E-state index in [0.717, 1.165) is 31.4 Å². The Labute approximate surface area is 149 Å². The molecular formula is C19H29N3O3. The van der Waals surface area contributed by atoms with Gasteiger partial charge in [0.05, 0.1) is 6.10 Å². The largest absolute Gasteiger partial charge is 0.387 e. The van der Waals surface area contributed by atoms with Crippen molar-refractivity contribution in [2.45, 2.75) is 50.7 Å². The predicted molar refractivity (Wildman–Crippen MR) is 98.4 cm³/mol. The lowest BCUT2D eigenvalue weighted by atomic mass is 10.1. The molecule has 1 unspecified atom stereocenters. The lowest BCUT2D eigenvalue weighted by Gasteiger charge is -2.17. The molecule has 6 heteroatoms. The average molecular weight is 347 g/mol. The number of aliphatic hydroxyl groups is 1. The number of nitrogens with zero attached hydrogens (tertiary/aromatic N) is 1. The number of carbonyl (C=O) groups is 2. The zero-order valence-electron chi connectivity index (χ0n) is 15.1. The van der Waals surface area contributed by atoms with E-state index in [1.54, 1.807) is 0 Å². The molecule has 0 aliphatic heterocycles. The molecule has 1 aromatic rings. The van der Waals surface area contributed by atoms with E-state index in [0.29, 0.717) is 5.56 Å². The maximum absolute atomic E-state index is 12.0. The number of nitrogens with one attached hydrogen (secondary N) is 2. The van der Waals surface area contributed by atoms with Crippen LogP contribution in [0.4, 0.5) is 5.69 Å². The van der Waals surface area contributed by atoms with E-state index in [4.69, 9.17) is 0 Å². The Hall–Kier alpha value is -2.08. The van der Waals surface area contributed by atoms with Crippen LogP contribution in [0.2, 0.25) is 0 Å². The topological polar surface area (TPSA) is 81.7 Å². The molecule has 1 saturated carbocycles. The number of benzene rings is 1. The molecule has 25 heavy (non-hydrogen) atoms. The number of carbonyl (C=O) groups excluding carboxylic acids is 2. The van der Waals surface area contributed by atoms with Gasteiger partial charge >= 0.3 is 11.8 Å². The Balaban J connectivity index is 1.78. The minimum absolute atomic E-state index is 0.0121. The van der Waals surface area contributed by atoms with Crippen LogP contribution in [0.3, 0.4) is 0 Å². The van der Waals surface area contributed by atoms with Gasteiger partial charge in [0.2, 0.25) is 0 Å². The molecule has 2 amide bonds. The normalized spacial score (nSPS) is 16.6. The van der Waals surface area contributed by atoms with Crippen molar-refractivity contribution < 1.29 is 14.7 Å². The van der Waals surface area contributed by atoms with Gasteiger partial charge in [0.1, 0.15) is 0 Å². The Morgan fingerprint density at radius 2 is 1.68 bits per heavy atom. The Morgan fingerprint density at radius 1 is 1.08 bits per heavy atom. The fourth-order valence-corrected chi connectivity index (χ4v) is 3.06. The highest BCUT2D eigenvalue weighted by Gasteiger charge is 2.20. The van der Waals surface area contributed by atoms with Crippen molar-refractivity contribution in [2.24, 2.45) is 0 Å². The van der Waals surface area contributed by atoms with E-state index in [1.165, 1.54) is 12.8 Å². The Bertz CT molecular complexity index is 564. The molecule has 0 radical (unpaired) electrons. The zero-order chi connectivity index (χ0) is 18.2. The van der Waals surface area contributed by atoms with Crippen molar-refractivity contribution in [1.29, 1.82) is 0 Å². The molecule has 0 saturated heterocycles. The molecule has 138 valence electrons. The first-order chi connectivity index (χ1) is 12.0. The number of aliphatic hydroxyl groups excluding tert-OH is 1. The number of anilines is 1. The summed E-state index contributed by atoms with van der Waals surface area (Å²) in [7, 11) is 3.89. The molecule has 1 aliphatic rings. The van der Waals surface area contributed by atoms with Gasteiger partial charge < -0.3 is 20.6 Å². The van der Waals surface area contributed by atoms with Crippen LogP contribution in [-0.2, 0) is 9.59 Å². The van der Waals surface area contributed by atoms with Crippen molar-refractivity contribution in [3.05, 3.63) is 29.8 Å². The van der Waals surface area contributed by atoms with Crippen LogP contribution in [0.25, 0.3) is 0 Å². The van der Waals surface area contributed by atoms with E-state index >= 15 is 0 Å². The highest BCUT2D eigenvalue weighted by Crippen LogP contribution is 2.18. The van der Waals surface area contributed by atoms with Crippen LogP contribution in [0.15, 0.2) is 24.3 Å². The van der Waals surface area contributed by atoms with Gasteiger partial charge in [0, 0.05) is 32.4 Å². The standard InChI is InChI=1S/C19H29N3O3/c1-22(2)16-11-9-14(10-12-16)17(23)13-20-18(24)19(25)21-15-7-5-3-4-6-8-15/h9-12,15,17,23H,3-8,13H2,1-2H3,(H,20,24)(H,21,25). The second-order valence-electron chi connectivity index (χ2n) is 6.87. The fraction of sp³-hybridized carbons (Fsp3) is 0.579. The minimum Gasteiger partial charge on any atom is -0.387 e. The van der Waals surface area contributed by atoms with Crippen molar-refractivity contribution >= 4 is 17.5 Å². The molecule has 0 aromatic heterocycles. The van der Waals surface area contributed by atoms with Crippen LogP contribution in [0.5, 0.6) is 0 Å².